The molecule has 0 aliphatic rings. The molecule has 1 aromatic heterocycles. The van der Waals surface area contributed by atoms with Crippen LogP contribution in [0.2, 0.25) is 0 Å². The van der Waals surface area contributed by atoms with Gasteiger partial charge in [0.2, 0.25) is 0 Å². The van der Waals surface area contributed by atoms with Gasteiger partial charge in [0.25, 0.3) is 6.54 Å². The Labute approximate surface area is 69.1 Å². The SMILES string of the molecule is COCc1ccc(C[N+](=O)[O-])o1. The van der Waals surface area contributed by atoms with Crippen LogP contribution in [0.15, 0.2) is 16.5 Å². The van der Waals surface area contributed by atoms with Crippen molar-refractivity contribution in [2.45, 2.75) is 13.2 Å². The van der Waals surface area contributed by atoms with E-state index in [0.717, 1.165) is 0 Å². The lowest BCUT2D eigenvalue weighted by Gasteiger charge is -1.91. The van der Waals surface area contributed by atoms with Crippen molar-refractivity contribution in [2.24, 2.45) is 0 Å². The summed E-state index contributed by atoms with van der Waals surface area (Å²) in [5.41, 5.74) is 0. The van der Waals surface area contributed by atoms with E-state index in [1.807, 2.05) is 0 Å². The van der Waals surface area contributed by atoms with Crippen molar-refractivity contribution >= 4 is 0 Å². The number of hydrogen-bond donors (Lipinski definition) is 0. The van der Waals surface area contributed by atoms with Crippen LogP contribution in [-0.4, -0.2) is 12.0 Å². The first-order chi connectivity index (χ1) is 5.72. The molecule has 0 unspecified atom stereocenters. The van der Waals surface area contributed by atoms with Crippen molar-refractivity contribution in [3.63, 3.8) is 0 Å². The second kappa shape index (κ2) is 3.87. The van der Waals surface area contributed by atoms with Gasteiger partial charge in [-0.15, -0.1) is 0 Å². The average Bonchev–Trinajstić information content (AvgIpc) is 2.36. The molecule has 0 fully saturated rings. The monoisotopic (exact) mass is 171 g/mol. The normalized spacial score (nSPS) is 10.1. The second-order valence-electron chi connectivity index (χ2n) is 2.29. The number of ether oxygens (including phenoxy) is 1. The molecule has 0 atom stereocenters. The van der Waals surface area contributed by atoms with Gasteiger partial charge in [0, 0.05) is 12.0 Å². The molecule has 0 saturated heterocycles. The number of hydrogen-bond acceptors (Lipinski definition) is 4. The molecule has 66 valence electrons. The molecule has 1 heterocycles. The first kappa shape index (κ1) is 8.73. The number of nitrogens with zero attached hydrogens (tertiary/aromatic N) is 1. The average molecular weight is 171 g/mol. The summed E-state index contributed by atoms with van der Waals surface area (Å²) in [5.74, 6) is 0.960. The highest BCUT2D eigenvalue weighted by molar-refractivity contribution is 5.05. The third kappa shape index (κ3) is 2.35. The minimum Gasteiger partial charge on any atom is -0.457 e. The highest BCUT2D eigenvalue weighted by Gasteiger charge is 2.06. The molecule has 12 heavy (non-hydrogen) atoms. The Balaban J connectivity index is 2.58. The quantitative estimate of drug-likeness (QED) is 0.504. The van der Waals surface area contributed by atoms with Crippen molar-refractivity contribution in [2.75, 3.05) is 7.11 Å². The fourth-order valence-electron chi connectivity index (χ4n) is 0.854. The molecular weight excluding hydrogens is 162 g/mol. The summed E-state index contributed by atoms with van der Waals surface area (Å²) >= 11 is 0. The Morgan fingerprint density at radius 2 is 2.25 bits per heavy atom. The third-order valence-electron chi connectivity index (χ3n) is 1.29. The van der Waals surface area contributed by atoms with E-state index in [1.54, 1.807) is 12.1 Å². The Kier molecular flexibility index (Phi) is 2.82. The number of rotatable bonds is 4. The lowest BCUT2D eigenvalue weighted by atomic mass is 10.4. The number of methoxy groups -OCH3 is 1. The van der Waals surface area contributed by atoms with Gasteiger partial charge in [0.1, 0.15) is 12.4 Å². The highest BCUT2D eigenvalue weighted by Crippen LogP contribution is 2.09. The molecule has 1 rings (SSSR count). The first-order valence-corrected chi connectivity index (χ1v) is 3.40. The molecule has 1 aromatic rings. The maximum absolute atomic E-state index is 10.1. The van der Waals surface area contributed by atoms with Crippen LogP contribution in [0, 0.1) is 10.1 Å². The molecule has 0 bridgehead atoms. The lowest BCUT2D eigenvalue weighted by Crippen LogP contribution is -1.95. The van der Waals surface area contributed by atoms with Crippen molar-refractivity contribution < 1.29 is 14.1 Å². The Hall–Kier alpha value is -1.36. The van der Waals surface area contributed by atoms with Gasteiger partial charge in [-0.25, -0.2) is 0 Å². The summed E-state index contributed by atoms with van der Waals surface area (Å²) in [6.07, 6.45) is 0. The van der Waals surface area contributed by atoms with E-state index in [1.165, 1.54) is 7.11 Å². The molecule has 0 amide bonds. The van der Waals surface area contributed by atoms with Gasteiger partial charge in [-0.1, -0.05) is 0 Å². The van der Waals surface area contributed by atoms with Crippen LogP contribution in [0.5, 0.6) is 0 Å². The van der Waals surface area contributed by atoms with Gasteiger partial charge in [0.05, 0.1) is 0 Å². The summed E-state index contributed by atoms with van der Waals surface area (Å²) in [6, 6.07) is 3.25. The second-order valence-corrected chi connectivity index (χ2v) is 2.29. The Morgan fingerprint density at radius 1 is 1.58 bits per heavy atom. The molecule has 0 aliphatic carbocycles. The first-order valence-electron chi connectivity index (χ1n) is 3.40. The maximum Gasteiger partial charge on any atom is 0.260 e. The van der Waals surface area contributed by atoms with Gasteiger partial charge in [0.15, 0.2) is 5.76 Å². The van der Waals surface area contributed by atoms with Gasteiger partial charge in [-0.05, 0) is 12.1 Å². The largest absolute Gasteiger partial charge is 0.457 e. The fraction of sp³-hybridized carbons (Fsp3) is 0.429. The maximum atomic E-state index is 10.1. The van der Waals surface area contributed by atoms with Crippen LogP contribution >= 0.6 is 0 Å². The predicted octanol–water partition coefficient (Wildman–Crippen LogP) is 1.20. The lowest BCUT2D eigenvalue weighted by molar-refractivity contribution is -0.499. The topological polar surface area (TPSA) is 65.5 Å². The van der Waals surface area contributed by atoms with Gasteiger partial charge in [-0.2, -0.15) is 0 Å². The standard InChI is InChI=1S/C7H9NO4/c1-11-5-7-3-2-6(12-7)4-8(9)10/h2-3H,4-5H2,1H3. The van der Waals surface area contributed by atoms with E-state index in [-0.39, 0.29) is 6.54 Å². The summed E-state index contributed by atoms with van der Waals surface area (Å²) in [5, 5.41) is 10.1. The number of furan rings is 1. The molecule has 0 aromatic carbocycles. The Bertz CT molecular complexity index is 268. The van der Waals surface area contributed by atoms with Crippen molar-refractivity contribution in [3.8, 4) is 0 Å². The summed E-state index contributed by atoms with van der Waals surface area (Å²) < 4.78 is 9.85. The van der Waals surface area contributed by atoms with Crippen LogP contribution in [-0.2, 0) is 17.9 Å². The molecule has 0 aliphatic heterocycles. The van der Waals surface area contributed by atoms with E-state index in [0.29, 0.717) is 18.1 Å². The molecule has 0 saturated carbocycles. The molecular formula is C7H9NO4. The van der Waals surface area contributed by atoms with Gasteiger partial charge < -0.3 is 9.15 Å². The fourth-order valence-corrected chi connectivity index (χ4v) is 0.854. The van der Waals surface area contributed by atoms with Gasteiger partial charge >= 0.3 is 0 Å². The van der Waals surface area contributed by atoms with Crippen LogP contribution in [0.3, 0.4) is 0 Å². The summed E-state index contributed by atoms with van der Waals surface area (Å²) in [6.45, 7) is 0.0709. The Morgan fingerprint density at radius 3 is 2.83 bits per heavy atom. The molecule has 5 nitrogen and oxygen atoms in total. The summed E-state index contributed by atoms with van der Waals surface area (Å²) in [4.78, 5) is 9.62. The minimum absolute atomic E-state index is 0.274. The zero-order chi connectivity index (χ0) is 8.97. The van der Waals surface area contributed by atoms with E-state index in [2.05, 4.69) is 0 Å². The van der Waals surface area contributed by atoms with E-state index >= 15 is 0 Å². The van der Waals surface area contributed by atoms with Crippen molar-refractivity contribution in [1.82, 2.24) is 0 Å². The molecule has 5 heteroatoms. The van der Waals surface area contributed by atoms with Crippen molar-refractivity contribution in [3.05, 3.63) is 33.8 Å². The predicted molar refractivity (Wildman–Crippen MR) is 40.1 cm³/mol. The zero-order valence-corrected chi connectivity index (χ0v) is 6.65. The highest BCUT2D eigenvalue weighted by atomic mass is 16.6. The molecule has 0 radical (unpaired) electrons. The van der Waals surface area contributed by atoms with E-state index in [4.69, 9.17) is 9.15 Å². The van der Waals surface area contributed by atoms with Crippen LogP contribution in [0.4, 0.5) is 0 Å². The van der Waals surface area contributed by atoms with Crippen molar-refractivity contribution in [1.29, 1.82) is 0 Å². The zero-order valence-electron chi connectivity index (χ0n) is 6.65. The van der Waals surface area contributed by atoms with Crippen LogP contribution in [0.25, 0.3) is 0 Å². The van der Waals surface area contributed by atoms with Crippen LogP contribution in [0.1, 0.15) is 11.5 Å². The smallest absolute Gasteiger partial charge is 0.260 e. The van der Waals surface area contributed by atoms with E-state index < -0.39 is 4.92 Å². The van der Waals surface area contributed by atoms with E-state index in [9.17, 15) is 10.1 Å². The van der Waals surface area contributed by atoms with Gasteiger partial charge in [-0.3, -0.25) is 10.1 Å². The third-order valence-corrected chi connectivity index (χ3v) is 1.29. The minimum atomic E-state index is -0.435. The summed E-state index contributed by atoms with van der Waals surface area (Å²) in [7, 11) is 1.54. The number of nitro groups is 1. The molecule has 0 N–H and O–H groups in total. The molecule has 0 spiro atoms. The van der Waals surface area contributed by atoms with Crippen LogP contribution < -0.4 is 0 Å².